The Morgan fingerprint density at radius 2 is 1.76 bits per heavy atom. The summed E-state index contributed by atoms with van der Waals surface area (Å²) < 4.78 is 10.9. The summed E-state index contributed by atoms with van der Waals surface area (Å²) >= 11 is 0. The molecule has 1 heterocycles. The van der Waals surface area contributed by atoms with Crippen LogP contribution >= 0.6 is 0 Å². The highest BCUT2D eigenvalue weighted by molar-refractivity contribution is 5.94. The van der Waals surface area contributed by atoms with Gasteiger partial charge in [-0.2, -0.15) is 4.57 Å². The van der Waals surface area contributed by atoms with Crippen molar-refractivity contribution in [3.05, 3.63) is 64.8 Å². The normalized spacial score (nSPS) is 12.5. The summed E-state index contributed by atoms with van der Waals surface area (Å²) in [6, 6.07) is 14.0. The maximum Gasteiger partial charge on any atom is 0.220 e. The van der Waals surface area contributed by atoms with Crippen LogP contribution in [0.1, 0.15) is 51.4 Å². The third-order valence-electron chi connectivity index (χ3n) is 5.26. The zero-order valence-electron chi connectivity index (χ0n) is 17.6. The van der Waals surface area contributed by atoms with Gasteiger partial charge >= 0.3 is 0 Å². The molecule has 1 heteroatoms. The van der Waals surface area contributed by atoms with Gasteiger partial charge in [0.1, 0.15) is 7.05 Å². The van der Waals surface area contributed by atoms with Crippen LogP contribution in [0.15, 0.2) is 42.4 Å². The number of fused-ring (bicyclic) bond motifs is 1. The summed E-state index contributed by atoms with van der Waals surface area (Å²) in [5, 5.41) is 2.21. The van der Waals surface area contributed by atoms with Gasteiger partial charge in [0.05, 0.1) is 6.76 Å². The lowest BCUT2D eigenvalue weighted by Crippen LogP contribution is -2.35. The molecule has 0 bridgehead atoms. The van der Waals surface area contributed by atoms with Crippen LogP contribution in [0.4, 0.5) is 0 Å². The van der Waals surface area contributed by atoms with Crippen molar-refractivity contribution in [2.45, 2.75) is 53.4 Å². The van der Waals surface area contributed by atoms with Gasteiger partial charge in [-0.25, -0.2) is 0 Å². The average Bonchev–Trinajstić information content (AvgIpc) is 2.60. The first-order chi connectivity index (χ1) is 12.1. The van der Waals surface area contributed by atoms with E-state index in [9.17, 15) is 0 Å². The summed E-state index contributed by atoms with van der Waals surface area (Å²) in [4.78, 5) is 0. The maximum atomic E-state index is 8.70. The van der Waals surface area contributed by atoms with Crippen molar-refractivity contribution in [3.63, 3.8) is 0 Å². The lowest BCUT2D eigenvalue weighted by Gasteiger charge is -2.20. The minimum Gasteiger partial charge on any atom is -0.198 e. The fourth-order valence-electron chi connectivity index (χ4n) is 3.42. The van der Waals surface area contributed by atoms with E-state index in [-0.39, 0.29) is 5.41 Å². The van der Waals surface area contributed by atoms with E-state index in [4.69, 9.17) is 1.37 Å². The van der Waals surface area contributed by atoms with Crippen molar-refractivity contribution in [2.24, 2.45) is 7.05 Å². The molecule has 0 saturated carbocycles. The maximum absolute atomic E-state index is 8.70. The molecule has 0 fully saturated rings. The zero-order chi connectivity index (χ0) is 19.2. The molecule has 0 N–H and O–H groups in total. The van der Waals surface area contributed by atoms with Crippen molar-refractivity contribution in [2.75, 3.05) is 0 Å². The Morgan fingerprint density at radius 3 is 2.40 bits per heavy atom. The van der Waals surface area contributed by atoms with Crippen LogP contribution in [-0.4, -0.2) is 0 Å². The second-order valence-corrected chi connectivity index (χ2v) is 8.13. The minimum absolute atomic E-state index is 0.0742. The number of hydrogen-bond acceptors (Lipinski definition) is 0. The molecule has 0 aliphatic carbocycles. The van der Waals surface area contributed by atoms with Crippen molar-refractivity contribution < 1.29 is 5.94 Å². The van der Waals surface area contributed by atoms with Crippen molar-refractivity contribution >= 4 is 10.8 Å². The molecule has 3 aromatic rings. The van der Waals surface area contributed by atoms with Crippen molar-refractivity contribution in [1.29, 1.82) is 0 Å². The monoisotopic (exact) mass is 333 g/mol. The summed E-state index contributed by atoms with van der Waals surface area (Å²) in [6.45, 7) is 13.1. The van der Waals surface area contributed by atoms with Gasteiger partial charge in [0.2, 0.25) is 5.69 Å². The highest BCUT2D eigenvalue weighted by Gasteiger charge is 2.22. The van der Waals surface area contributed by atoms with Crippen LogP contribution in [0.5, 0.6) is 0 Å². The minimum atomic E-state index is 0.0742. The molecule has 0 saturated heterocycles. The largest absolute Gasteiger partial charge is 0.220 e. The van der Waals surface area contributed by atoms with Gasteiger partial charge in [0, 0.05) is 18.5 Å². The third kappa shape index (κ3) is 3.20. The smallest absolute Gasteiger partial charge is 0.198 e. The molecule has 0 amide bonds. The van der Waals surface area contributed by atoms with Crippen molar-refractivity contribution in [3.8, 4) is 11.3 Å². The van der Waals surface area contributed by atoms with Gasteiger partial charge < -0.3 is 0 Å². The molecular formula is C24H30N+. The number of aryl methyl sites for hydroxylation is 2. The SMILES string of the molecule is [2H]c1c(C)[n+](C)c(-c2cc(CC)ccc2C)c2ccc(C(C)(C)C)cc12. The second-order valence-electron chi connectivity index (χ2n) is 8.13. The molecule has 0 spiro atoms. The highest BCUT2D eigenvalue weighted by Crippen LogP contribution is 2.32. The lowest BCUT2D eigenvalue weighted by molar-refractivity contribution is -0.665. The Labute approximate surface area is 153 Å². The lowest BCUT2D eigenvalue weighted by atomic mass is 9.85. The number of aromatic nitrogens is 1. The number of nitrogens with zero attached hydrogens (tertiary/aromatic N) is 1. The zero-order valence-corrected chi connectivity index (χ0v) is 16.6. The Hall–Kier alpha value is -2.15. The standard InChI is InChI=1S/C24H30N/c1-8-18-10-9-16(2)22(14-18)23-21-12-11-20(24(4,5)6)15-19(21)13-17(3)25(23)7/h9-15H,8H2,1-7H3/q+1/i13D. The molecule has 1 aromatic heterocycles. The van der Waals surface area contributed by atoms with Crippen LogP contribution < -0.4 is 4.57 Å². The van der Waals surface area contributed by atoms with E-state index < -0.39 is 0 Å². The molecule has 25 heavy (non-hydrogen) atoms. The fraction of sp³-hybridized carbons (Fsp3) is 0.375. The summed E-state index contributed by atoms with van der Waals surface area (Å²) in [5.41, 5.74) is 7.45. The Morgan fingerprint density at radius 1 is 1.04 bits per heavy atom. The predicted molar refractivity (Wildman–Crippen MR) is 108 cm³/mol. The summed E-state index contributed by atoms with van der Waals surface area (Å²) in [5.74, 6) is 0. The quantitative estimate of drug-likeness (QED) is 0.521. The Balaban J connectivity index is 2.43. The number of pyridine rings is 1. The van der Waals surface area contributed by atoms with Gasteiger partial charge in [0.25, 0.3) is 0 Å². The van der Waals surface area contributed by atoms with E-state index >= 15 is 0 Å². The van der Waals surface area contributed by atoms with E-state index in [1.165, 1.54) is 27.9 Å². The van der Waals surface area contributed by atoms with Gasteiger partial charge in [-0.15, -0.1) is 0 Å². The van der Waals surface area contributed by atoms with Crippen LogP contribution in [-0.2, 0) is 18.9 Å². The third-order valence-corrected chi connectivity index (χ3v) is 5.26. The van der Waals surface area contributed by atoms with Crippen LogP contribution in [0, 0.1) is 13.8 Å². The molecule has 3 rings (SSSR count). The molecular weight excluding hydrogens is 302 g/mol. The van der Waals surface area contributed by atoms with Gasteiger partial charge in [-0.3, -0.25) is 0 Å². The molecule has 0 aliphatic rings. The highest BCUT2D eigenvalue weighted by atomic mass is 14.9. The molecule has 130 valence electrons. The number of rotatable bonds is 2. The number of hydrogen-bond donors (Lipinski definition) is 0. The molecule has 0 unspecified atom stereocenters. The fourth-order valence-corrected chi connectivity index (χ4v) is 3.42. The molecule has 0 atom stereocenters. The number of benzene rings is 2. The Kier molecular flexibility index (Phi) is 4.11. The van der Waals surface area contributed by atoms with E-state index in [2.05, 4.69) is 82.6 Å². The average molecular weight is 334 g/mol. The summed E-state index contributed by atoms with van der Waals surface area (Å²) in [6.07, 6.45) is 1.03. The van der Waals surface area contributed by atoms with E-state index in [1.54, 1.807) is 0 Å². The van der Waals surface area contributed by atoms with Crippen LogP contribution in [0.25, 0.3) is 22.0 Å². The van der Waals surface area contributed by atoms with E-state index in [0.717, 1.165) is 22.9 Å². The molecule has 0 aliphatic heterocycles. The topological polar surface area (TPSA) is 3.88 Å². The van der Waals surface area contributed by atoms with Crippen molar-refractivity contribution in [1.82, 2.24) is 0 Å². The van der Waals surface area contributed by atoms with E-state index in [0.29, 0.717) is 6.04 Å². The first kappa shape index (κ1) is 16.3. The Bertz CT molecular complexity index is 993. The first-order valence-electron chi connectivity index (χ1n) is 9.68. The summed E-state index contributed by atoms with van der Waals surface area (Å²) in [7, 11) is 2.08. The first-order valence-corrected chi connectivity index (χ1v) is 9.18. The predicted octanol–water partition coefficient (Wildman–Crippen LogP) is 5.81. The van der Waals surface area contributed by atoms with Gasteiger partial charge in [-0.1, -0.05) is 52.0 Å². The van der Waals surface area contributed by atoms with Gasteiger partial charge in [-0.05, 0) is 53.0 Å². The van der Waals surface area contributed by atoms with Crippen LogP contribution in [0.2, 0.25) is 0 Å². The molecule has 2 aromatic carbocycles. The second kappa shape index (κ2) is 6.29. The van der Waals surface area contributed by atoms with E-state index in [1.807, 2.05) is 6.92 Å². The van der Waals surface area contributed by atoms with Gasteiger partial charge in [0.15, 0.2) is 5.69 Å². The molecule has 0 radical (unpaired) electrons. The van der Waals surface area contributed by atoms with Crippen LogP contribution in [0.3, 0.4) is 0 Å². The molecule has 1 nitrogen and oxygen atoms in total.